The van der Waals surface area contributed by atoms with Gasteiger partial charge in [-0.25, -0.2) is 9.18 Å². The summed E-state index contributed by atoms with van der Waals surface area (Å²) in [6, 6.07) is 7.56. The smallest absolute Gasteiger partial charge is 0.416 e. The highest BCUT2D eigenvalue weighted by Crippen LogP contribution is 2.31. The van der Waals surface area contributed by atoms with Crippen LogP contribution < -0.4 is 0 Å². The highest BCUT2D eigenvalue weighted by atomic mass is 19.4. The molecule has 6 heteroatoms. The summed E-state index contributed by atoms with van der Waals surface area (Å²) in [5, 5.41) is 8.80. The first-order valence-electron chi connectivity index (χ1n) is 5.49. The quantitative estimate of drug-likeness (QED) is 0.839. The number of carboxylic acid groups (broad SMARTS) is 1. The molecule has 0 fully saturated rings. The van der Waals surface area contributed by atoms with E-state index in [9.17, 15) is 22.4 Å². The molecule has 0 saturated heterocycles. The van der Waals surface area contributed by atoms with Crippen LogP contribution in [-0.2, 0) is 6.18 Å². The largest absolute Gasteiger partial charge is 0.478 e. The van der Waals surface area contributed by atoms with Gasteiger partial charge in [-0.15, -0.1) is 0 Å². The molecule has 2 aromatic rings. The SMILES string of the molecule is O=C(O)c1cc(-c2ccc(C(F)(F)F)cc2)ccc1F. The van der Waals surface area contributed by atoms with E-state index >= 15 is 0 Å². The zero-order valence-corrected chi connectivity index (χ0v) is 9.91. The van der Waals surface area contributed by atoms with E-state index < -0.39 is 29.1 Å². The number of benzene rings is 2. The summed E-state index contributed by atoms with van der Waals surface area (Å²) < 4.78 is 50.5. The van der Waals surface area contributed by atoms with Crippen LogP contribution in [0.1, 0.15) is 15.9 Å². The third-order valence-electron chi connectivity index (χ3n) is 2.74. The number of hydrogen-bond acceptors (Lipinski definition) is 1. The van der Waals surface area contributed by atoms with E-state index in [0.717, 1.165) is 24.3 Å². The van der Waals surface area contributed by atoms with E-state index in [4.69, 9.17) is 5.11 Å². The number of carbonyl (C=O) groups is 1. The Morgan fingerprint density at radius 2 is 1.50 bits per heavy atom. The molecule has 104 valence electrons. The molecule has 1 N–H and O–H groups in total. The van der Waals surface area contributed by atoms with Crippen LogP contribution in [0.3, 0.4) is 0 Å². The second kappa shape index (κ2) is 4.96. The second-order valence-electron chi connectivity index (χ2n) is 4.07. The van der Waals surface area contributed by atoms with Gasteiger partial charge in [0.05, 0.1) is 11.1 Å². The topological polar surface area (TPSA) is 37.3 Å². The van der Waals surface area contributed by atoms with E-state index in [2.05, 4.69) is 0 Å². The molecule has 2 rings (SSSR count). The van der Waals surface area contributed by atoms with Crippen molar-refractivity contribution >= 4 is 5.97 Å². The highest BCUT2D eigenvalue weighted by molar-refractivity contribution is 5.89. The molecule has 0 aliphatic heterocycles. The van der Waals surface area contributed by atoms with Crippen molar-refractivity contribution in [2.45, 2.75) is 6.18 Å². The lowest BCUT2D eigenvalue weighted by atomic mass is 10.0. The predicted octanol–water partition coefficient (Wildman–Crippen LogP) is 4.21. The second-order valence-corrected chi connectivity index (χ2v) is 4.07. The number of aromatic carboxylic acids is 1. The fourth-order valence-corrected chi connectivity index (χ4v) is 1.72. The van der Waals surface area contributed by atoms with Gasteiger partial charge in [0.1, 0.15) is 5.82 Å². The van der Waals surface area contributed by atoms with Gasteiger partial charge < -0.3 is 5.11 Å². The molecule has 0 bridgehead atoms. The Morgan fingerprint density at radius 1 is 0.950 bits per heavy atom. The number of hydrogen-bond donors (Lipinski definition) is 1. The number of carboxylic acids is 1. The van der Waals surface area contributed by atoms with Crippen molar-refractivity contribution in [3.8, 4) is 11.1 Å². The lowest BCUT2D eigenvalue weighted by Gasteiger charge is -2.08. The Kier molecular flexibility index (Phi) is 3.48. The average molecular weight is 284 g/mol. The van der Waals surface area contributed by atoms with E-state index in [-0.39, 0.29) is 0 Å². The molecule has 0 spiro atoms. The Labute approximate surface area is 111 Å². The van der Waals surface area contributed by atoms with Gasteiger partial charge in [0.15, 0.2) is 0 Å². The lowest BCUT2D eigenvalue weighted by Crippen LogP contribution is -2.04. The maximum absolute atomic E-state index is 13.2. The normalized spacial score (nSPS) is 11.4. The van der Waals surface area contributed by atoms with Gasteiger partial charge in [-0.1, -0.05) is 18.2 Å². The van der Waals surface area contributed by atoms with Crippen molar-refractivity contribution in [2.75, 3.05) is 0 Å². The van der Waals surface area contributed by atoms with Crippen molar-refractivity contribution in [1.82, 2.24) is 0 Å². The van der Waals surface area contributed by atoms with Crippen molar-refractivity contribution in [2.24, 2.45) is 0 Å². The van der Waals surface area contributed by atoms with E-state index in [0.29, 0.717) is 11.1 Å². The summed E-state index contributed by atoms with van der Waals surface area (Å²) in [6.07, 6.45) is -4.44. The molecular formula is C14H8F4O2. The Hall–Kier alpha value is -2.37. The van der Waals surface area contributed by atoms with Crippen LogP contribution in [0.25, 0.3) is 11.1 Å². The van der Waals surface area contributed by atoms with E-state index in [1.54, 1.807) is 0 Å². The fraction of sp³-hybridized carbons (Fsp3) is 0.0714. The van der Waals surface area contributed by atoms with Crippen LogP contribution >= 0.6 is 0 Å². The molecule has 20 heavy (non-hydrogen) atoms. The van der Waals surface area contributed by atoms with E-state index in [1.807, 2.05) is 0 Å². The molecule has 2 nitrogen and oxygen atoms in total. The summed E-state index contributed by atoms with van der Waals surface area (Å²) in [6.45, 7) is 0. The summed E-state index contributed by atoms with van der Waals surface area (Å²) in [5.74, 6) is -2.33. The van der Waals surface area contributed by atoms with Gasteiger partial charge in [0, 0.05) is 0 Å². The predicted molar refractivity (Wildman–Crippen MR) is 63.8 cm³/mol. The molecule has 0 radical (unpaired) electrons. The molecule has 0 aromatic heterocycles. The number of rotatable bonds is 2. The van der Waals surface area contributed by atoms with Gasteiger partial charge in [-0.3, -0.25) is 0 Å². The van der Waals surface area contributed by atoms with Crippen molar-refractivity contribution in [1.29, 1.82) is 0 Å². The molecule has 2 aromatic carbocycles. The maximum Gasteiger partial charge on any atom is 0.416 e. The molecule has 0 atom stereocenters. The van der Waals surface area contributed by atoms with Crippen molar-refractivity contribution in [3.05, 3.63) is 59.4 Å². The highest BCUT2D eigenvalue weighted by Gasteiger charge is 2.30. The molecule has 0 unspecified atom stereocenters. The van der Waals surface area contributed by atoms with Gasteiger partial charge in [0.2, 0.25) is 0 Å². The van der Waals surface area contributed by atoms with Crippen molar-refractivity contribution < 1.29 is 27.5 Å². The molecular weight excluding hydrogens is 276 g/mol. The number of alkyl halides is 3. The molecule has 0 saturated carbocycles. The lowest BCUT2D eigenvalue weighted by molar-refractivity contribution is -0.137. The minimum atomic E-state index is -4.44. The zero-order chi connectivity index (χ0) is 14.9. The van der Waals surface area contributed by atoms with Crippen molar-refractivity contribution in [3.63, 3.8) is 0 Å². The Balaban J connectivity index is 2.42. The summed E-state index contributed by atoms with van der Waals surface area (Å²) in [7, 11) is 0. The van der Waals surface area contributed by atoms with E-state index in [1.165, 1.54) is 18.2 Å². The Bertz CT molecular complexity index is 645. The summed E-state index contributed by atoms with van der Waals surface area (Å²) >= 11 is 0. The number of halogens is 4. The first-order valence-corrected chi connectivity index (χ1v) is 5.49. The Morgan fingerprint density at radius 3 is 2.00 bits per heavy atom. The third-order valence-corrected chi connectivity index (χ3v) is 2.74. The van der Waals surface area contributed by atoms with Gasteiger partial charge >= 0.3 is 12.1 Å². The van der Waals surface area contributed by atoms with Crippen LogP contribution in [0.4, 0.5) is 17.6 Å². The standard InChI is InChI=1S/C14H8F4O2/c15-12-6-3-9(7-11(12)13(19)20)8-1-4-10(5-2-8)14(16,17)18/h1-7H,(H,19,20). The van der Waals surface area contributed by atoms with Gasteiger partial charge in [-0.05, 0) is 35.4 Å². The van der Waals surface area contributed by atoms with Crippen LogP contribution in [0.5, 0.6) is 0 Å². The van der Waals surface area contributed by atoms with Crippen LogP contribution in [-0.4, -0.2) is 11.1 Å². The minimum Gasteiger partial charge on any atom is -0.478 e. The molecule has 0 aliphatic carbocycles. The third kappa shape index (κ3) is 2.79. The summed E-state index contributed by atoms with van der Waals surface area (Å²) in [4.78, 5) is 10.8. The van der Waals surface area contributed by atoms with Gasteiger partial charge in [0.25, 0.3) is 0 Å². The van der Waals surface area contributed by atoms with Crippen LogP contribution in [0.15, 0.2) is 42.5 Å². The first kappa shape index (κ1) is 14.0. The fourth-order valence-electron chi connectivity index (χ4n) is 1.72. The van der Waals surface area contributed by atoms with Crippen LogP contribution in [0, 0.1) is 5.82 Å². The van der Waals surface area contributed by atoms with Gasteiger partial charge in [-0.2, -0.15) is 13.2 Å². The molecule has 0 aliphatic rings. The minimum absolute atomic E-state index is 0.331. The maximum atomic E-state index is 13.2. The van der Waals surface area contributed by atoms with Crippen LogP contribution in [0.2, 0.25) is 0 Å². The summed E-state index contributed by atoms with van der Waals surface area (Å²) in [5.41, 5.74) is -0.623. The zero-order valence-electron chi connectivity index (χ0n) is 9.91. The molecule has 0 amide bonds. The average Bonchev–Trinajstić information content (AvgIpc) is 2.38. The monoisotopic (exact) mass is 284 g/mol. The molecule has 0 heterocycles. The first-order chi connectivity index (χ1) is 9.29.